The van der Waals surface area contributed by atoms with Crippen molar-refractivity contribution in [3.05, 3.63) is 40.9 Å². The first-order valence-corrected chi connectivity index (χ1v) is 5.90. The number of aryl methyl sites for hydroxylation is 1. The van der Waals surface area contributed by atoms with E-state index < -0.39 is 11.9 Å². The molecule has 0 spiro atoms. The summed E-state index contributed by atoms with van der Waals surface area (Å²) in [6.07, 6.45) is 0. The van der Waals surface area contributed by atoms with Crippen molar-refractivity contribution in [1.29, 1.82) is 0 Å². The second-order valence-corrected chi connectivity index (χ2v) is 4.22. The van der Waals surface area contributed by atoms with Gasteiger partial charge in [0, 0.05) is 5.69 Å². The quantitative estimate of drug-likeness (QED) is 0.864. The van der Waals surface area contributed by atoms with E-state index in [2.05, 4.69) is 20.2 Å². The van der Waals surface area contributed by atoms with Crippen molar-refractivity contribution < 1.29 is 9.59 Å². The fraction of sp³-hybridized carbons (Fsp3) is 0.0909. The van der Waals surface area contributed by atoms with Crippen LogP contribution < -0.4 is 10.6 Å². The van der Waals surface area contributed by atoms with Gasteiger partial charge in [0.05, 0.1) is 5.69 Å². The molecule has 1 aromatic heterocycles. The van der Waals surface area contributed by atoms with E-state index in [4.69, 9.17) is 0 Å². The molecule has 0 bridgehead atoms. The summed E-state index contributed by atoms with van der Waals surface area (Å²) in [6.45, 7) is 1.66. The summed E-state index contributed by atoms with van der Waals surface area (Å²) in [5.74, 6) is -0.504. The third-order valence-electron chi connectivity index (χ3n) is 2.12. The van der Waals surface area contributed by atoms with Gasteiger partial charge in [-0.15, -0.1) is 5.10 Å². The molecule has 1 heterocycles. The molecule has 0 aliphatic rings. The lowest BCUT2D eigenvalue weighted by Crippen LogP contribution is -2.34. The van der Waals surface area contributed by atoms with Crippen LogP contribution in [0.2, 0.25) is 0 Å². The summed E-state index contributed by atoms with van der Waals surface area (Å²) in [7, 11) is 0. The third-order valence-corrected chi connectivity index (χ3v) is 2.94. The molecular weight excluding hydrogens is 252 g/mol. The van der Waals surface area contributed by atoms with E-state index >= 15 is 0 Å². The zero-order chi connectivity index (χ0) is 13.0. The van der Waals surface area contributed by atoms with Gasteiger partial charge in [-0.3, -0.25) is 10.1 Å². The number of rotatable bonds is 2. The number of carbonyl (C=O) groups is 2. The number of aromatic nitrogens is 2. The zero-order valence-electron chi connectivity index (χ0n) is 9.51. The molecular formula is C11H10N4O2S. The lowest BCUT2D eigenvalue weighted by molar-refractivity contribution is 0.0970. The van der Waals surface area contributed by atoms with Crippen molar-refractivity contribution in [2.75, 3.05) is 5.32 Å². The van der Waals surface area contributed by atoms with Crippen molar-refractivity contribution in [3.63, 3.8) is 0 Å². The molecule has 2 N–H and O–H groups in total. The number of hydrogen-bond donors (Lipinski definition) is 2. The number of nitrogens with zero attached hydrogens (tertiary/aromatic N) is 2. The summed E-state index contributed by atoms with van der Waals surface area (Å²) in [4.78, 5) is 23.6. The van der Waals surface area contributed by atoms with Gasteiger partial charge in [0.1, 0.15) is 4.88 Å². The van der Waals surface area contributed by atoms with Gasteiger partial charge in [-0.1, -0.05) is 22.7 Å². The Bertz CT molecular complexity index is 567. The normalized spacial score (nSPS) is 9.83. The van der Waals surface area contributed by atoms with Crippen LogP contribution in [0.3, 0.4) is 0 Å². The van der Waals surface area contributed by atoms with Gasteiger partial charge in [0.15, 0.2) is 0 Å². The Balaban J connectivity index is 1.96. The molecule has 0 aliphatic heterocycles. The average Bonchev–Trinajstić information content (AvgIpc) is 2.76. The molecule has 6 nitrogen and oxygen atoms in total. The van der Waals surface area contributed by atoms with Crippen LogP contribution in [0, 0.1) is 6.92 Å². The van der Waals surface area contributed by atoms with Gasteiger partial charge >= 0.3 is 6.03 Å². The van der Waals surface area contributed by atoms with Gasteiger partial charge in [-0.2, -0.15) is 0 Å². The van der Waals surface area contributed by atoms with Crippen LogP contribution in [0.25, 0.3) is 0 Å². The van der Waals surface area contributed by atoms with Gasteiger partial charge in [0.25, 0.3) is 5.91 Å². The lowest BCUT2D eigenvalue weighted by atomic mass is 10.3. The predicted molar refractivity (Wildman–Crippen MR) is 67.6 cm³/mol. The Hall–Kier alpha value is -2.28. The van der Waals surface area contributed by atoms with Crippen LogP contribution >= 0.6 is 11.5 Å². The number of hydrogen-bond acceptors (Lipinski definition) is 5. The van der Waals surface area contributed by atoms with Gasteiger partial charge in [-0.05, 0) is 30.6 Å². The first kappa shape index (κ1) is 12.2. The number of carbonyl (C=O) groups excluding carboxylic acids is 2. The minimum atomic E-state index is -0.584. The van der Waals surface area contributed by atoms with Crippen LogP contribution in [0.5, 0.6) is 0 Å². The topological polar surface area (TPSA) is 84.0 Å². The molecule has 0 fully saturated rings. The fourth-order valence-electron chi connectivity index (χ4n) is 1.28. The molecule has 7 heteroatoms. The average molecular weight is 262 g/mol. The second-order valence-electron chi connectivity index (χ2n) is 3.46. The number of anilines is 1. The molecule has 2 rings (SSSR count). The fourth-order valence-corrected chi connectivity index (χ4v) is 1.84. The van der Waals surface area contributed by atoms with Crippen molar-refractivity contribution in [3.8, 4) is 0 Å². The maximum atomic E-state index is 11.7. The van der Waals surface area contributed by atoms with Crippen molar-refractivity contribution >= 4 is 29.2 Å². The van der Waals surface area contributed by atoms with Crippen LogP contribution in [0.1, 0.15) is 15.4 Å². The highest BCUT2D eigenvalue weighted by Gasteiger charge is 2.15. The first-order chi connectivity index (χ1) is 8.66. The van der Waals surface area contributed by atoms with Gasteiger partial charge in [0.2, 0.25) is 0 Å². The Morgan fingerprint density at radius 3 is 2.56 bits per heavy atom. The number of para-hydroxylation sites is 1. The van der Waals surface area contributed by atoms with E-state index in [-0.39, 0.29) is 0 Å². The van der Waals surface area contributed by atoms with E-state index in [1.165, 1.54) is 0 Å². The number of benzene rings is 1. The smallest absolute Gasteiger partial charge is 0.308 e. The minimum Gasteiger partial charge on any atom is -0.308 e. The van der Waals surface area contributed by atoms with Gasteiger partial charge in [-0.25, -0.2) is 4.79 Å². The molecule has 18 heavy (non-hydrogen) atoms. The molecule has 2 aromatic rings. The summed E-state index contributed by atoms with van der Waals surface area (Å²) in [6, 6.07) is 8.27. The van der Waals surface area contributed by atoms with Crippen molar-refractivity contribution in [2.45, 2.75) is 6.92 Å². The molecule has 1 aromatic carbocycles. The second kappa shape index (κ2) is 5.37. The largest absolute Gasteiger partial charge is 0.326 e. The Kier molecular flexibility index (Phi) is 3.63. The van der Waals surface area contributed by atoms with Crippen molar-refractivity contribution in [1.82, 2.24) is 14.9 Å². The van der Waals surface area contributed by atoms with E-state index in [9.17, 15) is 9.59 Å². The molecule has 3 amide bonds. The molecule has 0 radical (unpaired) electrons. The van der Waals surface area contributed by atoms with Crippen LogP contribution in [-0.2, 0) is 0 Å². The maximum Gasteiger partial charge on any atom is 0.326 e. The monoisotopic (exact) mass is 262 g/mol. The highest BCUT2D eigenvalue weighted by atomic mass is 32.1. The molecule has 92 valence electrons. The summed E-state index contributed by atoms with van der Waals surface area (Å²) >= 11 is 0.953. The van der Waals surface area contributed by atoms with Gasteiger partial charge < -0.3 is 5.32 Å². The summed E-state index contributed by atoms with van der Waals surface area (Å²) in [5, 5.41) is 8.47. The minimum absolute atomic E-state index is 0.332. The van der Waals surface area contributed by atoms with E-state index in [0.717, 1.165) is 11.5 Å². The van der Waals surface area contributed by atoms with E-state index in [1.807, 2.05) is 6.07 Å². The number of amides is 3. The highest BCUT2D eigenvalue weighted by Crippen LogP contribution is 2.09. The standard InChI is InChI=1S/C11H10N4O2S/c1-7-9(18-15-14-7)10(16)13-11(17)12-8-5-3-2-4-6-8/h2-6H,1H3,(H2,12,13,16,17). The number of urea groups is 1. The Labute approximate surface area is 107 Å². The summed E-state index contributed by atoms with van der Waals surface area (Å²) < 4.78 is 3.63. The molecule has 0 aliphatic carbocycles. The Morgan fingerprint density at radius 2 is 1.94 bits per heavy atom. The maximum absolute atomic E-state index is 11.7. The Morgan fingerprint density at radius 1 is 1.22 bits per heavy atom. The van der Waals surface area contributed by atoms with E-state index in [0.29, 0.717) is 16.3 Å². The van der Waals surface area contributed by atoms with Crippen LogP contribution in [0.15, 0.2) is 30.3 Å². The SMILES string of the molecule is Cc1nnsc1C(=O)NC(=O)Nc1ccccc1. The number of imide groups is 1. The predicted octanol–water partition coefficient (Wildman–Crippen LogP) is 1.81. The summed E-state index contributed by atoms with van der Waals surface area (Å²) in [5.41, 5.74) is 1.12. The first-order valence-electron chi connectivity index (χ1n) is 5.13. The van der Waals surface area contributed by atoms with Crippen molar-refractivity contribution in [2.24, 2.45) is 0 Å². The third kappa shape index (κ3) is 2.89. The highest BCUT2D eigenvalue weighted by molar-refractivity contribution is 7.08. The lowest BCUT2D eigenvalue weighted by Gasteiger charge is -2.05. The molecule has 0 saturated heterocycles. The molecule has 0 saturated carbocycles. The number of nitrogens with one attached hydrogen (secondary N) is 2. The van der Waals surface area contributed by atoms with E-state index in [1.54, 1.807) is 31.2 Å². The zero-order valence-corrected chi connectivity index (χ0v) is 10.3. The van der Waals surface area contributed by atoms with Crippen LogP contribution in [0.4, 0.5) is 10.5 Å². The molecule has 0 atom stereocenters. The van der Waals surface area contributed by atoms with Crippen LogP contribution in [-0.4, -0.2) is 21.5 Å². The molecule has 0 unspecified atom stereocenters.